The number of nitrogens with two attached hydrogens (primary N) is 4. The molecule has 1 rings (SSSR count). The third-order valence-corrected chi connectivity index (χ3v) is 6.02. The number of carboxylic acids is 1. The Morgan fingerprint density at radius 2 is 1.80 bits per heavy atom. The van der Waals surface area contributed by atoms with E-state index in [1.807, 2.05) is 6.26 Å². The summed E-state index contributed by atoms with van der Waals surface area (Å²) >= 11 is 1.46. The molecule has 1 aliphatic heterocycles. The van der Waals surface area contributed by atoms with Gasteiger partial charge in [0.15, 0.2) is 5.96 Å². The summed E-state index contributed by atoms with van der Waals surface area (Å²) in [7, 11) is 0. The van der Waals surface area contributed by atoms with E-state index >= 15 is 0 Å². The van der Waals surface area contributed by atoms with Gasteiger partial charge in [0.05, 0.1) is 12.5 Å². The van der Waals surface area contributed by atoms with Crippen LogP contribution in [0, 0.1) is 0 Å². The molecule has 0 aromatic rings. The summed E-state index contributed by atoms with van der Waals surface area (Å²) < 4.78 is 0. The Labute approximate surface area is 208 Å². The highest BCUT2D eigenvalue weighted by Crippen LogP contribution is 2.19. The van der Waals surface area contributed by atoms with Crippen molar-refractivity contribution in [1.29, 1.82) is 0 Å². The van der Waals surface area contributed by atoms with Crippen molar-refractivity contribution in [3.63, 3.8) is 0 Å². The predicted octanol–water partition coefficient (Wildman–Crippen LogP) is -2.96. The molecule has 14 nitrogen and oxygen atoms in total. The van der Waals surface area contributed by atoms with Gasteiger partial charge >= 0.3 is 5.97 Å². The van der Waals surface area contributed by atoms with E-state index in [1.165, 1.54) is 16.7 Å². The van der Waals surface area contributed by atoms with E-state index in [0.29, 0.717) is 25.0 Å². The monoisotopic (exact) mass is 516 g/mol. The summed E-state index contributed by atoms with van der Waals surface area (Å²) in [5.41, 5.74) is 21.4. The summed E-state index contributed by atoms with van der Waals surface area (Å²) in [5, 5.41) is 14.6. The first-order chi connectivity index (χ1) is 16.5. The number of nitrogens with one attached hydrogen (secondary N) is 2. The summed E-state index contributed by atoms with van der Waals surface area (Å²) in [5.74, 6) is -3.32. The van der Waals surface area contributed by atoms with E-state index in [9.17, 15) is 29.1 Å². The molecule has 0 aromatic heterocycles. The van der Waals surface area contributed by atoms with E-state index in [2.05, 4.69) is 15.6 Å². The van der Waals surface area contributed by atoms with Gasteiger partial charge in [0.1, 0.15) is 18.1 Å². The highest BCUT2D eigenvalue weighted by Gasteiger charge is 2.38. The maximum atomic E-state index is 13.0. The molecular formula is C20H36N8O6S. The number of rotatable bonds is 15. The zero-order valence-corrected chi connectivity index (χ0v) is 20.6. The molecule has 1 aliphatic rings. The zero-order chi connectivity index (χ0) is 26.5. The number of amides is 4. The normalized spacial score (nSPS) is 17.7. The lowest BCUT2D eigenvalue weighted by atomic mass is 10.1. The average molecular weight is 517 g/mol. The molecule has 198 valence electrons. The number of carboxylic acid groups (broad SMARTS) is 1. The first-order valence-electron chi connectivity index (χ1n) is 11.2. The summed E-state index contributed by atoms with van der Waals surface area (Å²) in [6, 6.07) is -4.22. The molecular weight excluding hydrogens is 480 g/mol. The number of hydrogen-bond donors (Lipinski definition) is 7. The van der Waals surface area contributed by atoms with E-state index in [-0.39, 0.29) is 38.3 Å². The van der Waals surface area contributed by atoms with Crippen molar-refractivity contribution in [3.05, 3.63) is 0 Å². The van der Waals surface area contributed by atoms with Crippen molar-refractivity contribution >= 4 is 47.3 Å². The van der Waals surface area contributed by atoms with Crippen LogP contribution in [0.2, 0.25) is 0 Å². The molecule has 15 heteroatoms. The Kier molecular flexibility index (Phi) is 12.9. The lowest BCUT2D eigenvalue weighted by molar-refractivity contribution is -0.143. The molecule has 0 aliphatic carbocycles. The number of guanidine groups is 1. The van der Waals surface area contributed by atoms with Crippen LogP contribution in [0.1, 0.15) is 38.5 Å². The second-order valence-corrected chi connectivity index (χ2v) is 9.14. The van der Waals surface area contributed by atoms with Crippen LogP contribution in [0.4, 0.5) is 0 Å². The smallest absolute Gasteiger partial charge is 0.326 e. The third kappa shape index (κ3) is 10.4. The Hall–Kier alpha value is -3.07. The SMILES string of the molecule is CSCCC(NC(=O)C1CCCN1C(=O)C(N)CC(N)=O)C(=O)NC(CCCN=C(N)N)C(=O)O. The predicted molar refractivity (Wildman–Crippen MR) is 131 cm³/mol. The quantitative estimate of drug-likeness (QED) is 0.0661. The Morgan fingerprint density at radius 1 is 1.11 bits per heavy atom. The van der Waals surface area contributed by atoms with Gasteiger partial charge in [0, 0.05) is 13.1 Å². The highest BCUT2D eigenvalue weighted by molar-refractivity contribution is 7.98. The van der Waals surface area contributed by atoms with Crippen molar-refractivity contribution in [2.45, 2.75) is 62.7 Å². The van der Waals surface area contributed by atoms with E-state index in [0.717, 1.165) is 0 Å². The van der Waals surface area contributed by atoms with Gasteiger partial charge in [0.2, 0.25) is 23.6 Å². The summed E-state index contributed by atoms with van der Waals surface area (Å²) in [4.78, 5) is 66.3. The molecule has 1 saturated heterocycles. The minimum absolute atomic E-state index is 0.0870. The van der Waals surface area contributed by atoms with Gasteiger partial charge in [-0.15, -0.1) is 0 Å². The topological polar surface area (TPSA) is 249 Å². The number of aliphatic imine (C=N–C) groups is 1. The Bertz CT molecular complexity index is 806. The minimum Gasteiger partial charge on any atom is -0.480 e. The number of carbonyl (C=O) groups excluding carboxylic acids is 4. The molecule has 0 bridgehead atoms. The van der Waals surface area contributed by atoms with Crippen LogP contribution >= 0.6 is 11.8 Å². The molecule has 4 atom stereocenters. The van der Waals surface area contributed by atoms with Crippen molar-refractivity contribution in [1.82, 2.24) is 15.5 Å². The molecule has 0 spiro atoms. The third-order valence-electron chi connectivity index (χ3n) is 5.38. The largest absolute Gasteiger partial charge is 0.480 e. The van der Waals surface area contributed by atoms with E-state index < -0.39 is 53.8 Å². The number of thioether (sulfide) groups is 1. The molecule has 0 saturated carbocycles. The van der Waals surface area contributed by atoms with Crippen LogP contribution in [0.25, 0.3) is 0 Å². The van der Waals surface area contributed by atoms with Crippen LogP contribution in [0.15, 0.2) is 4.99 Å². The van der Waals surface area contributed by atoms with Gasteiger partial charge in [-0.1, -0.05) is 0 Å². The molecule has 11 N–H and O–H groups in total. The van der Waals surface area contributed by atoms with Gasteiger partial charge in [-0.05, 0) is 44.1 Å². The van der Waals surface area contributed by atoms with Crippen molar-refractivity contribution < 1.29 is 29.1 Å². The molecule has 0 aromatic carbocycles. The lowest BCUT2D eigenvalue weighted by Crippen LogP contribution is -2.57. The van der Waals surface area contributed by atoms with Crippen LogP contribution in [-0.4, -0.2) is 94.8 Å². The Balaban J connectivity index is 2.85. The first kappa shape index (κ1) is 30.0. The van der Waals surface area contributed by atoms with Crippen LogP contribution in [0.3, 0.4) is 0 Å². The molecule has 1 heterocycles. The van der Waals surface area contributed by atoms with Gasteiger partial charge < -0.3 is 43.6 Å². The maximum absolute atomic E-state index is 13.0. The van der Waals surface area contributed by atoms with Crippen LogP contribution in [0.5, 0.6) is 0 Å². The van der Waals surface area contributed by atoms with Crippen molar-refractivity contribution in [2.75, 3.05) is 25.1 Å². The second-order valence-electron chi connectivity index (χ2n) is 8.16. The number of nitrogens with zero attached hydrogens (tertiary/aromatic N) is 2. The summed E-state index contributed by atoms with van der Waals surface area (Å²) in [6.45, 7) is 0.486. The van der Waals surface area contributed by atoms with Crippen LogP contribution < -0.4 is 33.6 Å². The zero-order valence-electron chi connectivity index (χ0n) is 19.8. The van der Waals surface area contributed by atoms with Crippen molar-refractivity contribution in [3.8, 4) is 0 Å². The van der Waals surface area contributed by atoms with Gasteiger partial charge in [-0.2, -0.15) is 11.8 Å². The summed E-state index contributed by atoms with van der Waals surface area (Å²) in [6.07, 6.45) is 3.05. The maximum Gasteiger partial charge on any atom is 0.326 e. The average Bonchev–Trinajstić information content (AvgIpc) is 3.27. The van der Waals surface area contributed by atoms with Gasteiger partial charge in [-0.3, -0.25) is 24.2 Å². The van der Waals surface area contributed by atoms with Crippen molar-refractivity contribution in [2.24, 2.45) is 27.9 Å². The van der Waals surface area contributed by atoms with E-state index in [1.54, 1.807) is 0 Å². The van der Waals surface area contributed by atoms with Gasteiger partial charge in [-0.25, -0.2) is 4.79 Å². The fourth-order valence-corrected chi connectivity index (χ4v) is 4.10. The fourth-order valence-electron chi connectivity index (χ4n) is 3.63. The number of likely N-dealkylation sites (tertiary alicyclic amines) is 1. The highest BCUT2D eigenvalue weighted by atomic mass is 32.2. The van der Waals surface area contributed by atoms with Gasteiger partial charge in [0.25, 0.3) is 0 Å². The minimum atomic E-state index is -1.23. The molecule has 1 fully saturated rings. The molecule has 35 heavy (non-hydrogen) atoms. The standard InChI is InChI=1S/C20H36N8O6S/c1-35-9-6-12(16(30)27-13(19(33)34)4-2-7-25-20(23)24)26-17(31)14-5-3-8-28(14)18(32)11(21)10-15(22)29/h11-14H,2-10,21H2,1H3,(H2,22,29)(H,26,31)(H,27,30)(H,33,34)(H4,23,24,25). The second kappa shape index (κ2) is 15.0. The number of aliphatic carboxylic acids is 1. The Morgan fingerprint density at radius 3 is 2.37 bits per heavy atom. The molecule has 4 unspecified atom stereocenters. The first-order valence-corrected chi connectivity index (χ1v) is 12.6. The molecule has 0 radical (unpaired) electrons. The molecule has 4 amide bonds. The lowest BCUT2D eigenvalue weighted by Gasteiger charge is -2.28. The fraction of sp³-hybridized carbons (Fsp3) is 0.700. The number of primary amides is 1. The van der Waals surface area contributed by atoms with Crippen LogP contribution in [-0.2, 0) is 24.0 Å². The number of hydrogen-bond acceptors (Lipinski definition) is 8. The van der Waals surface area contributed by atoms with E-state index in [4.69, 9.17) is 22.9 Å². The number of carbonyl (C=O) groups is 5.